The van der Waals surface area contributed by atoms with Crippen LogP contribution in [0.2, 0.25) is 0 Å². The Labute approximate surface area is 276 Å². The number of sulfonamides is 1. The number of hydrogen-bond acceptors (Lipinski definition) is 10. The van der Waals surface area contributed by atoms with Crippen molar-refractivity contribution in [2.75, 3.05) is 50.0 Å². The third-order valence-electron chi connectivity index (χ3n) is 10.2. The number of hydrogen-bond donors (Lipinski definition) is 2. The van der Waals surface area contributed by atoms with E-state index in [-0.39, 0.29) is 52.6 Å². The monoisotopic (exact) mass is 674 g/mol. The summed E-state index contributed by atoms with van der Waals surface area (Å²) in [6.45, 7) is 10.3. The molecular formula is C33H47FN6O6S. The Kier molecular flexibility index (Phi) is 10.1. The van der Waals surface area contributed by atoms with Crippen molar-refractivity contribution < 1.29 is 32.2 Å². The zero-order chi connectivity index (χ0) is 33.3. The van der Waals surface area contributed by atoms with Crippen molar-refractivity contribution in [1.82, 2.24) is 24.5 Å². The number of likely N-dealkylation sites (tertiary alicyclic amines) is 1. The van der Waals surface area contributed by atoms with Crippen molar-refractivity contribution in [2.24, 2.45) is 5.41 Å². The minimum Gasteiger partial charge on any atom is -0.451 e. The van der Waals surface area contributed by atoms with E-state index in [9.17, 15) is 22.7 Å². The van der Waals surface area contributed by atoms with Gasteiger partial charge in [0.15, 0.2) is 11.6 Å². The highest BCUT2D eigenvalue weighted by atomic mass is 32.2. The Morgan fingerprint density at radius 3 is 2.57 bits per heavy atom. The third kappa shape index (κ3) is 7.56. The van der Waals surface area contributed by atoms with E-state index in [4.69, 9.17) is 9.47 Å². The van der Waals surface area contributed by atoms with Crippen LogP contribution in [0.15, 0.2) is 30.7 Å². The average molecular weight is 675 g/mol. The molecule has 2 N–H and O–H groups in total. The van der Waals surface area contributed by atoms with E-state index >= 15 is 0 Å². The molecule has 3 saturated heterocycles. The number of nitrogens with one attached hydrogen (secondary N) is 1. The molecule has 6 rings (SSSR count). The van der Waals surface area contributed by atoms with Gasteiger partial charge in [-0.3, -0.25) is 4.79 Å². The smallest absolute Gasteiger partial charge is 0.258 e. The lowest BCUT2D eigenvalue weighted by molar-refractivity contribution is -0.0299. The second-order valence-electron chi connectivity index (χ2n) is 13.9. The number of benzene rings is 1. The van der Waals surface area contributed by atoms with Gasteiger partial charge in [-0.05, 0) is 90.6 Å². The molecule has 1 aromatic carbocycles. The summed E-state index contributed by atoms with van der Waals surface area (Å²) >= 11 is 0. The van der Waals surface area contributed by atoms with Crippen molar-refractivity contribution in [2.45, 2.75) is 89.6 Å². The van der Waals surface area contributed by atoms with Gasteiger partial charge in [-0.2, -0.15) is 0 Å². The summed E-state index contributed by atoms with van der Waals surface area (Å²) in [5.41, 5.74) is 0.272. The van der Waals surface area contributed by atoms with Crippen LogP contribution >= 0.6 is 0 Å². The van der Waals surface area contributed by atoms with Crippen LogP contribution in [0.1, 0.15) is 69.7 Å². The summed E-state index contributed by atoms with van der Waals surface area (Å²) in [4.78, 5) is 28.7. The molecule has 1 saturated carbocycles. The molecule has 258 valence electrons. The zero-order valence-corrected chi connectivity index (χ0v) is 28.3. The SMILES string of the molecule is CCS(=O)(=O)N[C@@H]1CC[C@@H](CN2CCC3(CC2)CN(c2ncncc2Oc2ccc(F)cc2C(=O)N(C(C)C)C2CCC2O)C3)OC1. The molecule has 1 amide bonds. The molecule has 4 aliphatic rings. The predicted molar refractivity (Wildman–Crippen MR) is 175 cm³/mol. The number of carbonyl (C=O) groups excluding carboxylic acids is 1. The number of carbonyl (C=O) groups is 1. The fourth-order valence-corrected chi connectivity index (χ4v) is 8.16. The lowest BCUT2D eigenvalue weighted by Crippen LogP contribution is -2.61. The van der Waals surface area contributed by atoms with Crippen molar-refractivity contribution in [3.63, 3.8) is 0 Å². The fraction of sp³-hybridized carbons (Fsp3) is 0.667. The molecule has 0 radical (unpaired) electrons. The molecule has 14 heteroatoms. The summed E-state index contributed by atoms with van der Waals surface area (Å²) in [5, 5.41) is 10.3. The van der Waals surface area contributed by atoms with Gasteiger partial charge in [-0.1, -0.05) is 0 Å². The topological polar surface area (TPSA) is 137 Å². The average Bonchev–Trinajstić information content (AvgIpc) is 3.03. The predicted octanol–water partition coefficient (Wildman–Crippen LogP) is 3.17. The van der Waals surface area contributed by atoms with E-state index < -0.39 is 21.9 Å². The Morgan fingerprint density at radius 2 is 1.96 bits per heavy atom. The van der Waals surface area contributed by atoms with Gasteiger partial charge in [-0.25, -0.2) is 27.5 Å². The van der Waals surface area contributed by atoms with Crippen LogP contribution in [-0.2, 0) is 14.8 Å². The van der Waals surface area contributed by atoms with E-state index in [0.717, 1.165) is 58.4 Å². The van der Waals surface area contributed by atoms with Crippen LogP contribution in [0.5, 0.6) is 11.5 Å². The standard InChI is InChI=1S/C33H47FN6O6S/c1-4-47(43,44)37-24-6-7-25(45-18-24)17-38-13-11-33(12-14-38)19-39(20-33)31-30(16-35-21-36-31)46-29-10-5-23(34)15-26(29)32(42)40(22(2)3)27-8-9-28(27)41/h5,10,15-16,21-22,24-25,27-28,37,41H,4,6-9,11-14,17-20H2,1-3H3/t24-,25+,27?,28?/m1/s1. The van der Waals surface area contributed by atoms with Crippen molar-refractivity contribution in [1.29, 1.82) is 0 Å². The first-order valence-electron chi connectivity index (χ1n) is 16.8. The number of nitrogens with zero attached hydrogens (tertiary/aromatic N) is 5. The van der Waals surface area contributed by atoms with Crippen molar-refractivity contribution in [3.05, 3.63) is 42.1 Å². The van der Waals surface area contributed by atoms with E-state index in [1.54, 1.807) is 18.0 Å². The molecule has 4 atom stereocenters. The van der Waals surface area contributed by atoms with Gasteiger partial charge >= 0.3 is 0 Å². The maximum atomic E-state index is 14.5. The fourth-order valence-electron chi connectivity index (χ4n) is 7.30. The van der Waals surface area contributed by atoms with Gasteiger partial charge in [0.25, 0.3) is 5.91 Å². The molecule has 2 unspecified atom stereocenters. The van der Waals surface area contributed by atoms with Crippen molar-refractivity contribution >= 4 is 21.7 Å². The van der Waals surface area contributed by atoms with Crippen LogP contribution in [0.4, 0.5) is 10.2 Å². The van der Waals surface area contributed by atoms with Gasteiger partial charge in [0.1, 0.15) is 17.9 Å². The van der Waals surface area contributed by atoms with Crippen LogP contribution in [0.3, 0.4) is 0 Å². The van der Waals surface area contributed by atoms with Crippen molar-refractivity contribution in [3.8, 4) is 11.5 Å². The van der Waals surface area contributed by atoms with E-state index in [1.165, 1.54) is 24.5 Å². The lowest BCUT2D eigenvalue weighted by Gasteiger charge is -2.54. The number of piperidine rings is 1. The number of rotatable bonds is 11. The number of halogens is 1. The van der Waals surface area contributed by atoms with Gasteiger partial charge in [0.05, 0.1) is 42.4 Å². The maximum Gasteiger partial charge on any atom is 0.258 e. The Hall–Kier alpha value is -2.91. The molecular weight excluding hydrogens is 627 g/mol. The first-order valence-corrected chi connectivity index (χ1v) is 18.5. The number of anilines is 1. The van der Waals surface area contributed by atoms with Gasteiger partial charge in [0, 0.05) is 37.1 Å². The molecule has 1 aromatic heterocycles. The molecule has 47 heavy (non-hydrogen) atoms. The highest BCUT2D eigenvalue weighted by molar-refractivity contribution is 7.89. The number of ether oxygens (including phenoxy) is 2. The molecule has 0 bridgehead atoms. The largest absolute Gasteiger partial charge is 0.451 e. The third-order valence-corrected chi connectivity index (χ3v) is 11.7. The second kappa shape index (κ2) is 13.9. The van der Waals surface area contributed by atoms with E-state index in [2.05, 4.69) is 24.5 Å². The highest BCUT2D eigenvalue weighted by Gasteiger charge is 2.46. The Balaban J connectivity index is 1.05. The summed E-state index contributed by atoms with van der Waals surface area (Å²) in [5.74, 6) is 0.397. The van der Waals surface area contributed by atoms with Crippen LogP contribution in [0, 0.1) is 11.2 Å². The number of aliphatic hydroxyl groups excluding tert-OH is 1. The molecule has 2 aromatic rings. The Morgan fingerprint density at radius 1 is 1.19 bits per heavy atom. The van der Waals surface area contributed by atoms with Gasteiger partial charge < -0.3 is 29.3 Å². The minimum atomic E-state index is -3.23. The second-order valence-corrected chi connectivity index (χ2v) is 15.9. The number of amides is 1. The number of aliphatic hydroxyl groups is 1. The lowest BCUT2D eigenvalue weighted by atomic mass is 9.72. The summed E-state index contributed by atoms with van der Waals surface area (Å²) < 4.78 is 53.3. The first-order chi connectivity index (χ1) is 22.5. The van der Waals surface area contributed by atoms with Gasteiger partial charge in [-0.15, -0.1) is 0 Å². The summed E-state index contributed by atoms with van der Waals surface area (Å²) in [6.07, 6.45) is 7.62. The Bertz CT molecular complexity index is 1520. The molecule has 4 heterocycles. The first kappa shape index (κ1) is 34.0. The van der Waals surface area contributed by atoms with Crippen LogP contribution in [-0.4, -0.2) is 115 Å². The van der Waals surface area contributed by atoms with Crippen LogP contribution < -0.4 is 14.4 Å². The quantitative estimate of drug-likeness (QED) is 0.366. The summed E-state index contributed by atoms with van der Waals surface area (Å²) in [6, 6.07) is 3.28. The van der Waals surface area contributed by atoms with E-state index in [1.807, 2.05) is 13.8 Å². The molecule has 12 nitrogen and oxygen atoms in total. The molecule has 4 fully saturated rings. The molecule has 3 aliphatic heterocycles. The molecule has 1 aliphatic carbocycles. The normalized spacial score (nSPS) is 26.1. The summed E-state index contributed by atoms with van der Waals surface area (Å²) in [7, 11) is -3.23. The van der Waals surface area contributed by atoms with Gasteiger partial charge in [0.2, 0.25) is 10.0 Å². The van der Waals surface area contributed by atoms with E-state index in [0.29, 0.717) is 31.0 Å². The van der Waals surface area contributed by atoms with Crippen LogP contribution in [0.25, 0.3) is 0 Å². The molecule has 1 spiro atoms. The highest BCUT2D eigenvalue weighted by Crippen LogP contribution is 2.45. The zero-order valence-electron chi connectivity index (χ0n) is 27.5. The number of aromatic nitrogens is 2. The maximum absolute atomic E-state index is 14.5. The minimum absolute atomic E-state index is 0.0751.